The molecule has 2 rings (SSSR count). The third-order valence-electron chi connectivity index (χ3n) is 4.07. The van der Waals surface area contributed by atoms with Gasteiger partial charge in [0.25, 0.3) is 0 Å². The highest BCUT2D eigenvalue weighted by atomic mass is 19.1. The maximum atomic E-state index is 13.7. The van der Waals surface area contributed by atoms with E-state index in [4.69, 9.17) is 4.74 Å². The number of ether oxygens (including phenoxy) is 1. The van der Waals surface area contributed by atoms with Crippen molar-refractivity contribution in [2.75, 3.05) is 26.7 Å². The predicted molar refractivity (Wildman–Crippen MR) is 87.5 cm³/mol. The lowest BCUT2D eigenvalue weighted by Crippen LogP contribution is -2.46. The molecule has 0 aliphatic carbocycles. The Kier molecular flexibility index (Phi) is 6.52. The van der Waals surface area contributed by atoms with Crippen LogP contribution in [-0.4, -0.2) is 43.6 Å². The molecule has 132 valence electrons. The smallest absolute Gasteiger partial charge is 0.308 e. The van der Waals surface area contributed by atoms with Crippen LogP contribution in [0.5, 0.6) is 0 Å². The number of guanidine groups is 1. The number of rotatable bonds is 4. The van der Waals surface area contributed by atoms with Gasteiger partial charge in [-0.2, -0.15) is 0 Å². The molecular formula is C17H23F2N3O2. The van der Waals surface area contributed by atoms with E-state index in [1.54, 1.807) is 0 Å². The van der Waals surface area contributed by atoms with Crippen LogP contribution in [0.25, 0.3) is 0 Å². The second kappa shape index (κ2) is 8.61. The number of hydrogen-bond donors (Lipinski definition) is 1. The number of esters is 1. The van der Waals surface area contributed by atoms with Crippen LogP contribution in [0.4, 0.5) is 8.78 Å². The Morgan fingerprint density at radius 3 is 2.71 bits per heavy atom. The molecule has 1 aliphatic heterocycles. The molecule has 1 aromatic carbocycles. The highest BCUT2D eigenvalue weighted by Crippen LogP contribution is 2.19. The molecule has 7 heteroatoms. The molecule has 24 heavy (non-hydrogen) atoms. The number of nitrogens with zero attached hydrogens (tertiary/aromatic N) is 2. The summed E-state index contributed by atoms with van der Waals surface area (Å²) in [5.41, 5.74) is 0.217. The van der Waals surface area contributed by atoms with E-state index in [1.165, 1.54) is 7.11 Å². The van der Waals surface area contributed by atoms with Gasteiger partial charge >= 0.3 is 5.97 Å². The molecule has 0 spiro atoms. The van der Waals surface area contributed by atoms with Gasteiger partial charge in [-0.05, 0) is 38.0 Å². The zero-order valence-electron chi connectivity index (χ0n) is 14.0. The van der Waals surface area contributed by atoms with Crippen LogP contribution in [0.3, 0.4) is 0 Å². The topological polar surface area (TPSA) is 53.9 Å². The maximum absolute atomic E-state index is 13.7. The van der Waals surface area contributed by atoms with Crippen LogP contribution >= 0.6 is 0 Å². The van der Waals surface area contributed by atoms with Gasteiger partial charge in [-0.25, -0.2) is 13.8 Å². The number of piperidine rings is 1. The normalized spacial score (nSPS) is 16.2. The van der Waals surface area contributed by atoms with Crippen LogP contribution in [0.15, 0.2) is 23.2 Å². The van der Waals surface area contributed by atoms with Gasteiger partial charge < -0.3 is 15.0 Å². The van der Waals surface area contributed by atoms with E-state index in [0.717, 1.165) is 18.2 Å². The van der Waals surface area contributed by atoms with Crippen molar-refractivity contribution in [1.82, 2.24) is 10.2 Å². The van der Waals surface area contributed by atoms with Crippen molar-refractivity contribution < 1.29 is 18.3 Å². The van der Waals surface area contributed by atoms with Crippen LogP contribution in [0.2, 0.25) is 0 Å². The number of methoxy groups -OCH3 is 1. The van der Waals surface area contributed by atoms with Crippen LogP contribution in [0, 0.1) is 17.6 Å². The van der Waals surface area contributed by atoms with Crippen molar-refractivity contribution in [2.45, 2.75) is 26.3 Å². The number of carbonyl (C=O) groups is 1. The summed E-state index contributed by atoms with van der Waals surface area (Å²) in [5, 5.41) is 3.16. The summed E-state index contributed by atoms with van der Waals surface area (Å²) in [6.45, 7) is 4.00. The monoisotopic (exact) mass is 339 g/mol. The first-order valence-electron chi connectivity index (χ1n) is 8.10. The molecule has 1 heterocycles. The van der Waals surface area contributed by atoms with Gasteiger partial charge in [-0.3, -0.25) is 4.79 Å². The largest absolute Gasteiger partial charge is 0.469 e. The first kappa shape index (κ1) is 18.2. The summed E-state index contributed by atoms with van der Waals surface area (Å²) in [5.74, 6) is -0.580. The number of hydrogen-bond acceptors (Lipinski definition) is 3. The second-order valence-corrected chi connectivity index (χ2v) is 5.69. The zero-order valence-corrected chi connectivity index (χ0v) is 14.0. The minimum atomic E-state index is -0.481. The highest BCUT2D eigenvalue weighted by molar-refractivity contribution is 5.80. The van der Waals surface area contributed by atoms with Crippen molar-refractivity contribution in [2.24, 2.45) is 10.9 Å². The molecule has 5 nitrogen and oxygen atoms in total. The summed E-state index contributed by atoms with van der Waals surface area (Å²) >= 11 is 0. The van der Waals surface area contributed by atoms with Gasteiger partial charge in [-0.15, -0.1) is 0 Å². The number of benzene rings is 1. The summed E-state index contributed by atoms with van der Waals surface area (Å²) in [6, 6.07) is 3.35. The number of likely N-dealkylation sites (tertiary alicyclic amines) is 1. The maximum Gasteiger partial charge on any atom is 0.308 e. The Bertz CT molecular complexity index is 599. The van der Waals surface area contributed by atoms with Gasteiger partial charge in [0.2, 0.25) is 0 Å². The highest BCUT2D eigenvalue weighted by Gasteiger charge is 2.26. The minimum absolute atomic E-state index is 0.0584. The first-order valence-corrected chi connectivity index (χ1v) is 8.10. The Labute approximate surface area is 140 Å². The van der Waals surface area contributed by atoms with Crippen molar-refractivity contribution >= 4 is 11.9 Å². The van der Waals surface area contributed by atoms with E-state index in [1.807, 2.05) is 11.8 Å². The zero-order chi connectivity index (χ0) is 17.5. The molecule has 1 fully saturated rings. The third-order valence-corrected chi connectivity index (χ3v) is 4.07. The van der Waals surface area contributed by atoms with Gasteiger partial charge in [0.05, 0.1) is 19.6 Å². The molecular weight excluding hydrogens is 316 g/mol. The molecule has 0 amide bonds. The minimum Gasteiger partial charge on any atom is -0.469 e. The molecule has 1 aliphatic rings. The second-order valence-electron chi connectivity index (χ2n) is 5.69. The summed E-state index contributed by atoms with van der Waals surface area (Å²) in [4.78, 5) is 18.0. The summed E-state index contributed by atoms with van der Waals surface area (Å²) in [6.07, 6.45) is 1.37. The van der Waals surface area contributed by atoms with Crippen molar-refractivity contribution in [1.29, 1.82) is 0 Å². The molecule has 0 unspecified atom stereocenters. The van der Waals surface area contributed by atoms with Crippen molar-refractivity contribution in [3.63, 3.8) is 0 Å². The lowest BCUT2D eigenvalue weighted by atomic mass is 9.97. The predicted octanol–water partition coefficient (Wildman–Crippen LogP) is 2.32. The van der Waals surface area contributed by atoms with Crippen LogP contribution in [-0.2, 0) is 16.1 Å². The number of halogens is 2. The number of aliphatic imine (C=N–C) groups is 1. The fraction of sp³-hybridized carbons (Fsp3) is 0.529. The Morgan fingerprint density at radius 2 is 2.08 bits per heavy atom. The van der Waals surface area contributed by atoms with Gasteiger partial charge in [0, 0.05) is 25.2 Å². The summed E-state index contributed by atoms with van der Waals surface area (Å²) in [7, 11) is 1.40. The number of carbonyl (C=O) groups excluding carboxylic acids is 1. The van der Waals surface area contributed by atoms with E-state index in [2.05, 4.69) is 10.3 Å². The molecule has 0 saturated carbocycles. The molecule has 0 radical (unpaired) electrons. The Balaban J connectivity index is 2.04. The van der Waals surface area contributed by atoms with Gasteiger partial charge in [-0.1, -0.05) is 0 Å². The molecule has 1 aromatic rings. The van der Waals surface area contributed by atoms with Gasteiger partial charge in [0.15, 0.2) is 5.96 Å². The van der Waals surface area contributed by atoms with Crippen LogP contribution < -0.4 is 5.32 Å². The van der Waals surface area contributed by atoms with E-state index >= 15 is 0 Å². The molecule has 0 bridgehead atoms. The molecule has 1 saturated heterocycles. The Hall–Kier alpha value is -2.18. The fourth-order valence-electron chi connectivity index (χ4n) is 2.74. The lowest BCUT2D eigenvalue weighted by molar-refractivity contribution is -0.146. The Morgan fingerprint density at radius 1 is 1.38 bits per heavy atom. The van der Waals surface area contributed by atoms with Crippen molar-refractivity contribution in [3.8, 4) is 0 Å². The average Bonchev–Trinajstić information content (AvgIpc) is 2.60. The average molecular weight is 339 g/mol. The van der Waals surface area contributed by atoms with Crippen LogP contribution in [0.1, 0.15) is 25.3 Å². The van der Waals surface area contributed by atoms with E-state index in [0.29, 0.717) is 38.4 Å². The lowest BCUT2D eigenvalue weighted by Gasteiger charge is -2.33. The van der Waals surface area contributed by atoms with Gasteiger partial charge in [0.1, 0.15) is 11.6 Å². The molecule has 0 aromatic heterocycles. The standard InChI is InChI=1S/C17H23F2N3O2/c1-3-20-17(21-11-13-10-14(18)4-5-15(13)19)22-8-6-12(7-9-22)16(23)24-2/h4-5,10,12H,3,6-9,11H2,1-2H3,(H,20,21). The first-order chi connectivity index (χ1) is 11.5. The van der Waals surface area contributed by atoms with E-state index in [9.17, 15) is 13.6 Å². The summed E-state index contributed by atoms with van der Waals surface area (Å²) < 4.78 is 31.7. The molecule has 0 atom stereocenters. The molecule has 1 N–H and O–H groups in total. The van der Waals surface area contributed by atoms with Crippen molar-refractivity contribution in [3.05, 3.63) is 35.4 Å². The third kappa shape index (κ3) is 4.66. The fourth-order valence-corrected chi connectivity index (χ4v) is 2.74. The quantitative estimate of drug-likeness (QED) is 0.520. The number of nitrogens with one attached hydrogen (secondary N) is 1. The van der Waals surface area contributed by atoms with E-state index < -0.39 is 11.6 Å². The SMILES string of the molecule is CCNC(=NCc1cc(F)ccc1F)N1CCC(C(=O)OC)CC1. The van der Waals surface area contributed by atoms with E-state index in [-0.39, 0.29) is 24.0 Å².